The number of carbonyl (C=O) groups excluding carboxylic acids is 2. The molecule has 1 aromatic rings. The van der Waals surface area contributed by atoms with E-state index in [1.165, 1.54) is 20.3 Å². The zero-order valence-corrected chi connectivity index (χ0v) is 17.9. The van der Waals surface area contributed by atoms with Crippen molar-refractivity contribution < 1.29 is 33.5 Å². The van der Waals surface area contributed by atoms with Gasteiger partial charge < -0.3 is 23.8 Å². The average Bonchev–Trinajstić information content (AvgIpc) is 2.87. The average molecular weight is 424 g/mol. The molecule has 1 unspecified atom stereocenters. The first kappa shape index (κ1) is 23.4. The maximum absolute atomic E-state index is 12.4. The van der Waals surface area contributed by atoms with Crippen molar-refractivity contribution in [2.75, 3.05) is 33.9 Å². The Morgan fingerprint density at radius 1 is 1.17 bits per heavy atom. The molecular weight excluding hydrogens is 396 g/mol. The van der Waals surface area contributed by atoms with Crippen LogP contribution in [0.25, 0.3) is 0 Å². The fourth-order valence-corrected chi connectivity index (χ4v) is 3.07. The summed E-state index contributed by atoms with van der Waals surface area (Å²) in [4.78, 5) is 36.9. The third-order valence-electron chi connectivity index (χ3n) is 4.48. The van der Waals surface area contributed by atoms with Crippen LogP contribution in [-0.2, 0) is 31.8 Å². The Morgan fingerprint density at radius 2 is 1.77 bits per heavy atom. The number of nitro groups is 1. The van der Waals surface area contributed by atoms with E-state index in [1.807, 2.05) is 0 Å². The maximum Gasteiger partial charge on any atom is 0.410 e. The molecule has 0 aliphatic carbocycles. The van der Waals surface area contributed by atoms with Gasteiger partial charge in [0.1, 0.15) is 5.60 Å². The van der Waals surface area contributed by atoms with Crippen molar-refractivity contribution in [3.8, 4) is 5.75 Å². The molecule has 1 aliphatic heterocycles. The summed E-state index contributed by atoms with van der Waals surface area (Å²) in [6.07, 6.45) is -0.655. The number of ether oxygens (including phenoxy) is 4. The van der Waals surface area contributed by atoms with Crippen LogP contribution < -0.4 is 4.74 Å². The first-order valence-electron chi connectivity index (χ1n) is 9.57. The van der Waals surface area contributed by atoms with E-state index >= 15 is 0 Å². The van der Waals surface area contributed by atoms with Crippen LogP contribution in [0.3, 0.4) is 0 Å². The second-order valence-electron chi connectivity index (χ2n) is 7.90. The van der Waals surface area contributed by atoms with E-state index < -0.39 is 28.7 Å². The minimum atomic E-state index is -1.14. The molecule has 0 bridgehead atoms. The third-order valence-corrected chi connectivity index (χ3v) is 4.48. The van der Waals surface area contributed by atoms with Crippen LogP contribution in [0.4, 0.5) is 10.5 Å². The zero-order chi connectivity index (χ0) is 22.5. The summed E-state index contributed by atoms with van der Waals surface area (Å²) in [6, 6.07) is 2.99. The Hall–Kier alpha value is -2.88. The maximum atomic E-state index is 12.4. The zero-order valence-electron chi connectivity index (χ0n) is 17.9. The van der Waals surface area contributed by atoms with E-state index in [1.54, 1.807) is 31.7 Å². The van der Waals surface area contributed by atoms with E-state index in [-0.39, 0.29) is 18.0 Å². The Bertz CT molecular complexity index is 803. The molecule has 0 aromatic heterocycles. The van der Waals surface area contributed by atoms with Gasteiger partial charge in [0, 0.05) is 26.3 Å². The largest absolute Gasteiger partial charge is 0.469 e. The van der Waals surface area contributed by atoms with Crippen molar-refractivity contribution in [2.24, 2.45) is 0 Å². The molecule has 1 atom stereocenters. The Kier molecular flexibility index (Phi) is 7.60. The van der Waals surface area contributed by atoms with Gasteiger partial charge in [-0.1, -0.05) is 0 Å². The molecule has 0 radical (unpaired) electrons. The molecule has 0 saturated heterocycles. The summed E-state index contributed by atoms with van der Waals surface area (Å²) >= 11 is 0. The number of hydrogen-bond donors (Lipinski definition) is 0. The molecule has 0 N–H and O–H groups in total. The molecule has 1 heterocycles. The Labute approximate surface area is 175 Å². The molecule has 0 saturated carbocycles. The van der Waals surface area contributed by atoms with Gasteiger partial charge in [-0.05, 0) is 50.8 Å². The fourth-order valence-electron chi connectivity index (χ4n) is 3.07. The quantitative estimate of drug-likeness (QED) is 0.388. The van der Waals surface area contributed by atoms with Gasteiger partial charge >= 0.3 is 17.7 Å². The highest BCUT2D eigenvalue weighted by atomic mass is 16.6. The molecule has 1 amide bonds. The number of nitrogens with zero attached hydrogens (tertiary/aromatic N) is 2. The lowest BCUT2D eigenvalue weighted by atomic mass is 10.0. The van der Waals surface area contributed by atoms with Crippen LogP contribution in [0.1, 0.15) is 31.9 Å². The molecule has 1 aromatic carbocycles. The van der Waals surface area contributed by atoms with E-state index in [0.29, 0.717) is 25.9 Å². The number of hydrogen-bond acceptors (Lipinski definition) is 8. The lowest BCUT2D eigenvalue weighted by Crippen LogP contribution is -2.38. The van der Waals surface area contributed by atoms with Crippen molar-refractivity contribution in [1.29, 1.82) is 0 Å². The minimum Gasteiger partial charge on any atom is -0.469 e. The molecule has 166 valence electrons. The van der Waals surface area contributed by atoms with E-state index in [4.69, 9.17) is 14.2 Å². The lowest BCUT2D eigenvalue weighted by molar-refractivity contribution is -0.386. The number of nitro benzene ring substituents is 1. The number of esters is 1. The minimum absolute atomic E-state index is 0.0445. The number of methoxy groups -OCH3 is 2. The Morgan fingerprint density at radius 3 is 2.27 bits per heavy atom. The fraction of sp³-hybridized carbons (Fsp3) is 0.600. The number of benzene rings is 1. The van der Waals surface area contributed by atoms with Crippen LogP contribution in [-0.4, -0.2) is 67.5 Å². The second kappa shape index (κ2) is 9.75. The predicted molar refractivity (Wildman–Crippen MR) is 107 cm³/mol. The van der Waals surface area contributed by atoms with Gasteiger partial charge in [-0.25, -0.2) is 9.59 Å². The summed E-state index contributed by atoms with van der Waals surface area (Å²) in [5.74, 6) is -0.742. The normalized spacial score (nSPS) is 14.9. The molecule has 1 aliphatic rings. The smallest absolute Gasteiger partial charge is 0.410 e. The first-order chi connectivity index (χ1) is 14.1. The van der Waals surface area contributed by atoms with Crippen LogP contribution in [0, 0.1) is 10.1 Å². The lowest BCUT2D eigenvalue weighted by Gasteiger charge is -2.26. The van der Waals surface area contributed by atoms with E-state index in [0.717, 1.165) is 11.1 Å². The van der Waals surface area contributed by atoms with Gasteiger partial charge in [0.2, 0.25) is 6.10 Å². The van der Waals surface area contributed by atoms with E-state index in [2.05, 4.69) is 4.74 Å². The van der Waals surface area contributed by atoms with Crippen molar-refractivity contribution in [3.63, 3.8) is 0 Å². The van der Waals surface area contributed by atoms with Gasteiger partial charge in [0.25, 0.3) is 0 Å². The topological polar surface area (TPSA) is 117 Å². The summed E-state index contributed by atoms with van der Waals surface area (Å²) in [5.41, 5.74) is 0.689. The van der Waals surface area contributed by atoms with Crippen molar-refractivity contribution in [1.82, 2.24) is 4.90 Å². The monoisotopic (exact) mass is 424 g/mol. The second-order valence-corrected chi connectivity index (χ2v) is 7.90. The van der Waals surface area contributed by atoms with E-state index in [9.17, 15) is 19.7 Å². The van der Waals surface area contributed by atoms with Gasteiger partial charge in [0.05, 0.1) is 18.6 Å². The summed E-state index contributed by atoms with van der Waals surface area (Å²) in [5, 5.41) is 11.6. The number of amides is 1. The SMILES string of the molecule is COCC(Oc1cc2c(cc1[N+](=O)[O-])CCN(C(=O)OC(C)(C)C)CC2)C(=O)OC. The van der Waals surface area contributed by atoms with Crippen LogP contribution in [0.5, 0.6) is 5.75 Å². The highest BCUT2D eigenvalue weighted by Gasteiger charge is 2.29. The van der Waals surface area contributed by atoms with Gasteiger partial charge in [0.15, 0.2) is 5.75 Å². The van der Waals surface area contributed by atoms with Gasteiger partial charge in [-0.2, -0.15) is 0 Å². The molecular formula is C20H28N2O8. The van der Waals surface area contributed by atoms with Crippen LogP contribution in [0.2, 0.25) is 0 Å². The van der Waals surface area contributed by atoms with Crippen LogP contribution >= 0.6 is 0 Å². The van der Waals surface area contributed by atoms with Gasteiger partial charge in [-0.3, -0.25) is 10.1 Å². The van der Waals surface area contributed by atoms with Crippen molar-refractivity contribution in [3.05, 3.63) is 33.4 Å². The molecule has 2 rings (SSSR count). The standard InChI is InChI=1S/C20H28N2O8/c1-20(2,3)30-19(24)21-8-6-13-10-15(22(25)26)16(11-14(13)7-9-21)29-17(12-27-4)18(23)28-5/h10-11,17H,6-9,12H2,1-5H3. The third kappa shape index (κ3) is 6.06. The number of rotatable bonds is 6. The molecule has 0 spiro atoms. The molecule has 30 heavy (non-hydrogen) atoms. The Balaban J connectivity index is 2.28. The van der Waals surface area contributed by atoms with Crippen molar-refractivity contribution in [2.45, 2.75) is 45.3 Å². The first-order valence-corrected chi connectivity index (χ1v) is 9.57. The summed E-state index contributed by atoms with van der Waals surface area (Å²) < 4.78 is 20.7. The highest BCUT2D eigenvalue weighted by molar-refractivity contribution is 5.75. The van der Waals surface area contributed by atoms with Gasteiger partial charge in [-0.15, -0.1) is 0 Å². The highest BCUT2D eigenvalue weighted by Crippen LogP contribution is 2.33. The molecule has 0 fully saturated rings. The van der Waals surface area contributed by atoms with Crippen LogP contribution in [0.15, 0.2) is 12.1 Å². The molecule has 10 nitrogen and oxygen atoms in total. The summed E-state index contributed by atoms with van der Waals surface area (Å²) in [7, 11) is 2.58. The summed E-state index contributed by atoms with van der Waals surface area (Å²) in [6.45, 7) is 6.05. The number of carbonyl (C=O) groups is 2. The number of fused-ring (bicyclic) bond motifs is 1. The predicted octanol–water partition coefficient (Wildman–Crippen LogP) is 2.50. The van der Waals surface area contributed by atoms with Crippen molar-refractivity contribution >= 4 is 17.7 Å². The molecule has 10 heteroatoms.